The molecule has 0 saturated carbocycles. The number of hydrogen-bond acceptors (Lipinski definition) is 0. The second kappa shape index (κ2) is 5.76. The fourth-order valence-electron chi connectivity index (χ4n) is 1.34. The molecule has 0 atom stereocenters. The van der Waals surface area contributed by atoms with Crippen LogP contribution in [0.5, 0.6) is 0 Å². The van der Waals surface area contributed by atoms with Gasteiger partial charge < -0.3 is 11.9 Å². The monoisotopic (exact) mass is 335 g/mol. The van der Waals surface area contributed by atoms with Crippen molar-refractivity contribution in [3.8, 4) is 0 Å². The molecule has 1 nitrogen and oxygen atoms in total. The van der Waals surface area contributed by atoms with Gasteiger partial charge in [-0.05, 0) is 11.5 Å². The molecule has 1 aromatic carbocycles. The van der Waals surface area contributed by atoms with E-state index in [0.29, 0.717) is 0 Å². The third-order valence-corrected chi connectivity index (χ3v) is 1.94. The zero-order valence-corrected chi connectivity index (χ0v) is 12.5. The standard InChI is InChI=1S/C10H10N.HI.Zn/c1-2-8-7-11-10-6-4-3-5-9(8)10;;/h3-7,11H,1-2H2;1H;/q-1;;+2/p-1. The summed E-state index contributed by atoms with van der Waals surface area (Å²) in [7, 11) is 0. The molecule has 2 aromatic rings. The van der Waals surface area contributed by atoms with Crippen LogP contribution in [0.4, 0.5) is 0 Å². The van der Waals surface area contributed by atoms with Crippen molar-refractivity contribution < 1.29 is 14.8 Å². The van der Waals surface area contributed by atoms with Crippen molar-refractivity contribution in [2.24, 2.45) is 0 Å². The normalized spacial score (nSPS) is 9.54. The number of hydrogen-bond donors (Lipinski definition) is 1. The molecule has 0 spiro atoms. The van der Waals surface area contributed by atoms with Gasteiger partial charge in [0.2, 0.25) is 0 Å². The molecule has 1 N–H and O–H groups in total. The Morgan fingerprint density at radius 2 is 2.00 bits per heavy atom. The van der Waals surface area contributed by atoms with Gasteiger partial charge in [0.25, 0.3) is 0 Å². The van der Waals surface area contributed by atoms with Gasteiger partial charge in [-0.1, -0.05) is 23.8 Å². The van der Waals surface area contributed by atoms with Gasteiger partial charge in [-0.3, -0.25) is 0 Å². The Bertz CT molecular complexity index is 370. The molecular formula is C10H10INZn. The molecule has 3 heteroatoms. The van der Waals surface area contributed by atoms with E-state index in [0.717, 1.165) is 6.42 Å². The Balaban J connectivity index is 0.000000396. The van der Waals surface area contributed by atoms with Gasteiger partial charge in [-0.25, -0.2) is 0 Å². The number of para-hydroxylation sites is 1. The zero-order valence-electron chi connectivity index (χ0n) is 7.39. The van der Waals surface area contributed by atoms with Crippen molar-refractivity contribution in [3.05, 3.63) is 42.9 Å². The molecule has 0 aliphatic carbocycles. The van der Waals surface area contributed by atoms with Crippen LogP contribution in [0.15, 0.2) is 30.5 Å². The third-order valence-electron chi connectivity index (χ3n) is 1.94. The van der Waals surface area contributed by atoms with Crippen LogP contribution >= 0.6 is 19.8 Å². The molecule has 0 bridgehead atoms. The summed E-state index contributed by atoms with van der Waals surface area (Å²) in [6.45, 7) is 3.86. The van der Waals surface area contributed by atoms with Crippen LogP contribution in [0.25, 0.3) is 10.9 Å². The van der Waals surface area contributed by atoms with Crippen LogP contribution < -0.4 is 0 Å². The zero-order chi connectivity index (χ0) is 9.68. The Labute approximate surface area is 99.2 Å². The molecule has 0 radical (unpaired) electrons. The summed E-state index contributed by atoms with van der Waals surface area (Å²) >= 11 is 3.62. The van der Waals surface area contributed by atoms with Crippen molar-refractivity contribution in [1.82, 2.24) is 4.98 Å². The molecular weight excluding hydrogens is 326 g/mol. The van der Waals surface area contributed by atoms with E-state index < -0.39 is 0 Å². The predicted molar refractivity (Wildman–Crippen MR) is 61.4 cm³/mol. The molecule has 0 aliphatic rings. The fourth-order valence-corrected chi connectivity index (χ4v) is 1.34. The van der Waals surface area contributed by atoms with E-state index in [1.165, 1.54) is 31.3 Å². The van der Waals surface area contributed by atoms with Gasteiger partial charge in [0.05, 0.1) is 0 Å². The topological polar surface area (TPSA) is 15.8 Å². The molecule has 0 fully saturated rings. The Morgan fingerprint density at radius 1 is 1.31 bits per heavy atom. The summed E-state index contributed by atoms with van der Waals surface area (Å²) in [6.07, 6.45) is 2.88. The molecule has 2 rings (SSSR count). The van der Waals surface area contributed by atoms with Crippen LogP contribution in [-0.4, -0.2) is 4.98 Å². The van der Waals surface area contributed by atoms with Crippen LogP contribution in [0.1, 0.15) is 5.56 Å². The first-order valence-corrected chi connectivity index (χ1v) is 13.1. The number of fused-ring (bicyclic) bond motifs is 1. The number of rotatable bonds is 1. The SMILES string of the molecule is [CH2-]Cc1c[nH]c2ccccc12.[Zn+][I]. The first-order valence-electron chi connectivity index (χ1n) is 4.03. The van der Waals surface area contributed by atoms with Crippen molar-refractivity contribution in [2.75, 3.05) is 0 Å². The summed E-state index contributed by atoms with van der Waals surface area (Å²) < 4.78 is 0. The van der Waals surface area contributed by atoms with Gasteiger partial charge >= 0.3 is 34.5 Å². The predicted octanol–water partition coefficient (Wildman–Crippen LogP) is 3.43. The van der Waals surface area contributed by atoms with Crippen LogP contribution in [0, 0.1) is 6.92 Å². The van der Waals surface area contributed by atoms with E-state index in [2.05, 4.69) is 49.9 Å². The van der Waals surface area contributed by atoms with Gasteiger partial charge in [0.15, 0.2) is 0 Å². The Hall–Kier alpha value is 0.113. The van der Waals surface area contributed by atoms with Gasteiger partial charge in [0, 0.05) is 11.7 Å². The third kappa shape index (κ3) is 2.53. The molecule has 0 amide bonds. The minimum absolute atomic E-state index is 0.851. The molecule has 13 heavy (non-hydrogen) atoms. The Kier molecular flexibility index (Phi) is 4.96. The number of benzene rings is 1. The number of H-pyrrole nitrogens is 1. The average Bonchev–Trinajstić information content (AvgIpc) is 2.64. The summed E-state index contributed by atoms with van der Waals surface area (Å²) in [4.78, 5) is 3.20. The molecule has 0 aliphatic heterocycles. The molecule has 0 saturated heterocycles. The molecule has 1 heterocycles. The molecule has 0 unspecified atom stereocenters. The van der Waals surface area contributed by atoms with Crippen LogP contribution in [0.3, 0.4) is 0 Å². The summed E-state index contributed by atoms with van der Waals surface area (Å²) in [5.41, 5.74) is 2.49. The fraction of sp³-hybridized carbons (Fsp3) is 0.100. The van der Waals surface area contributed by atoms with E-state index >= 15 is 0 Å². The molecule has 1 aromatic heterocycles. The van der Waals surface area contributed by atoms with Gasteiger partial charge in [-0.2, -0.15) is 6.42 Å². The molecule has 64 valence electrons. The van der Waals surface area contributed by atoms with Gasteiger partial charge in [-0.15, -0.1) is 0 Å². The summed E-state index contributed by atoms with van der Waals surface area (Å²) in [5.74, 6) is 0. The van der Waals surface area contributed by atoms with E-state index in [9.17, 15) is 0 Å². The van der Waals surface area contributed by atoms with Gasteiger partial charge in [0.1, 0.15) is 0 Å². The number of aromatic amines is 1. The maximum atomic E-state index is 3.86. The minimum atomic E-state index is 0.851. The number of halogens is 1. The van der Waals surface area contributed by atoms with E-state index in [1.54, 1.807) is 0 Å². The maximum absolute atomic E-state index is 3.86. The number of aromatic nitrogens is 1. The van der Waals surface area contributed by atoms with Crippen molar-refractivity contribution in [1.29, 1.82) is 0 Å². The van der Waals surface area contributed by atoms with E-state index in [4.69, 9.17) is 0 Å². The second-order valence-electron chi connectivity index (χ2n) is 2.61. The summed E-state index contributed by atoms with van der Waals surface area (Å²) in [5, 5.41) is 1.29. The first kappa shape index (κ1) is 11.2. The van der Waals surface area contributed by atoms with E-state index in [1.807, 2.05) is 12.3 Å². The van der Waals surface area contributed by atoms with Crippen LogP contribution in [0.2, 0.25) is 0 Å². The second-order valence-corrected chi connectivity index (χ2v) is 2.61. The van der Waals surface area contributed by atoms with Crippen molar-refractivity contribution in [2.45, 2.75) is 6.42 Å². The Morgan fingerprint density at radius 3 is 2.69 bits per heavy atom. The van der Waals surface area contributed by atoms with Crippen molar-refractivity contribution in [3.63, 3.8) is 0 Å². The number of nitrogens with one attached hydrogen (secondary N) is 1. The average molecular weight is 336 g/mol. The van der Waals surface area contributed by atoms with Crippen molar-refractivity contribution >= 4 is 30.7 Å². The van der Waals surface area contributed by atoms with Crippen LogP contribution in [-0.2, 0) is 21.2 Å². The van der Waals surface area contributed by atoms with E-state index in [-0.39, 0.29) is 0 Å². The first-order chi connectivity index (χ1) is 6.42. The quantitative estimate of drug-likeness (QED) is 0.466. The summed E-state index contributed by atoms with van der Waals surface area (Å²) in [6, 6.07) is 8.28.